The van der Waals surface area contributed by atoms with E-state index in [1.807, 2.05) is 0 Å². The third-order valence-corrected chi connectivity index (χ3v) is 2.08. The average molecular weight is 181 g/mol. The van der Waals surface area contributed by atoms with Crippen LogP contribution in [-0.4, -0.2) is 4.98 Å². The standard InChI is InChI=1S/C11H19NO/c1-6-8-10(11(3,4)5)12-9(7-2)13-8/h6-7H2,1-5H3. The predicted octanol–water partition coefficient (Wildman–Crippen LogP) is 3.10. The number of oxazole rings is 1. The normalized spacial score (nSPS) is 12.1. The van der Waals surface area contributed by atoms with Gasteiger partial charge in [0.1, 0.15) is 5.76 Å². The van der Waals surface area contributed by atoms with Crippen LogP contribution in [0, 0.1) is 0 Å². The van der Waals surface area contributed by atoms with Crippen molar-refractivity contribution >= 4 is 0 Å². The van der Waals surface area contributed by atoms with Gasteiger partial charge >= 0.3 is 0 Å². The quantitative estimate of drug-likeness (QED) is 0.700. The molecule has 0 unspecified atom stereocenters. The third kappa shape index (κ3) is 2.11. The number of rotatable bonds is 2. The van der Waals surface area contributed by atoms with Gasteiger partial charge in [-0.3, -0.25) is 0 Å². The first kappa shape index (κ1) is 10.3. The Bertz CT molecular complexity index is 281. The molecule has 2 nitrogen and oxygen atoms in total. The fraction of sp³-hybridized carbons (Fsp3) is 0.727. The van der Waals surface area contributed by atoms with E-state index in [2.05, 4.69) is 39.6 Å². The molecule has 13 heavy (non-hydrogen) atoms. The van der Waals surface area contributed by atoms with Gasteiger partial charge in [-0.25, -0.2) is 4.98 Å². The van der Waals surface area contributed by atoms with Crippen LogP contribution in [0.25, 0.3) is 0 Å². The van der Waals surface area contributed by atoms with Crippen LogP contribution in [0.4, 0.5) is 0 Å². The van der Waals surface area contributed by atoms with E-state index < -0.39 is 0 Å². The van der Waals surface area contributed by atoms with Crippen LogP contribution < -0.4 is 0 Å². The zero-order valence-electron chi connectivity index (χ0n) is 9.27. The van der Waals surface area contributed by atoms with Crippen molar-refractivity contribution in [2.75, 3.05) is 0 Å². The highest BCUT2D eigenvalue weighted by Gasteiger charge is 2.23. The lowest BCUT2D eigenvalue weighted by atomic mass is 9.90. The Labute approximate surface area is 80.4 Å². The Hall–Kier alpha value is -0.790. The van der Waals surface area contributed by atoms with Gasteiger partial charge in [0.25, 0.3) is 0 Å². The molecular weight excluding hydrogens is 162 g/mol. The average Bonchev–Trinajstić information content (AvgIpc) is 2.46. The molecule has 0 atom stereocenters. The fourth-order valence-corrected chi connectivity index (χ4v) is 1.38. The molecule has 74 valence electrons. The molecule has 0 aliphatic rings. The first-order chi connectivity index (χ1) is 5.99. The molecule has 1 heterocycles. The maximum absolute atomic E-state index is 5.63. The highest BCUT2D eigenvalue weighted by atomic mass is 16.4. The lowest BCUT2D eigenvalue weighted by molar-refractivity contribution is 0.456. The van der Waals surface area contributed by atoms with Crippen molar-refractivity contribution in [3.63, 3.8) is 0 Å². The summed E-state index contributed by atoms with van der Waals surface area (Å²) in [6.07, 6.45) is 1.81. The zero-order valence-corrected chi connectivity index (χ0v) is 9.27. The van der Waals surface area contributed by atoms with Gasteiger partial charge in [-0.2, -0.15) is 0 Å². The first-order valence-corrected chi connectivity index (χ1v) is 4.98. The van der Waals surface area contributed by atoms with E-state index in [4.69, 9.17) is 4.42 Å². The zero-order chi connectivity index (χ0) is 10.1. The van der Waals surface area contributed by atoms with Crippen LogP contribution in [0.15, 0.2) is 4.42 Å². The lowest BCUT2D eigenvalue weighted by Gasteiger charge is -2.15. The number of aryl methyl sites for hydroxylation is 2. The van der Waals surface area contributed by atoms with Gasteiger partial charge in [-0.05, 0) is 0 Å². The van der Waals surface area contributed by atoms with Crippen molar-refractivity contribution in [1.82, 2.24) is 4.98 Å². The largest absolute Gasteiger partial charge is 0.445 e. The number of nitrogens with zero attached hydrogens (tertiary/aromatic N) is 1. The maximum Gasteiger partial charge on any atom is 0.194 e. The Kier molecular flexibility index (Phi) is 2.79. The van der Waals surface area contributed by atoms with Crippen molar-refractivity contribution in [3.8, 4) is 0 Å². The van der Waals surface area contributed by atoms with Gasteiger partial charge in [0.2, 0.25) is 0 Å². The van der Waals surface area contributed by atoms with E-state index in [1.165, 1.54) is 0 Å². The van der Waals surface area contributed by atoms with E-state index in [0.29, 0.717) is 0 Å². The van der Waals surface area contributed by atoms with Crippen molar-refractivity contribution in [3.05, 3.63) is 17.3 Å². The number of hydrogen-bond donors (Lipinski definition) is 0. The molecule has 0 radical (unpaired) electrons. The highest BCUT2D eigenvalue weighted by molar-refractivity contribution is 5.18. The molecule has 0 saturated heterocycles. The fourth-order valence-electron chi connectivity index (χ4n) is 1.38. The van der Waals surface area contributed by atoms with Crippen molar-refractivity contribution in [1.29, 1.82) is 0 Å². The molecule has 2 heteroatoms. The predicted molar refractivity (Wildman–Crippen MR) is 54.0 cm³/mol. The monoisotopic (exact) mass is 181 g/mol. The van der Waals surface area contributed by atoms with Gasteiger partial charge in [0, 0.05) is 18.3 Å². The van der Waals surface area contributed by atoms with Gasteiger partial charge in [0.05, 0.1) is 5.69 Å². The first-order valence-electron chi connectivity index (χ1n) is 4.98. The smallest absolute Gasteiger partial charge is 0.194 e. The Morgan fingerprint density at radius 2 is 1.77 bits per heavy atom. The van der Waals surface area contributed by atoms with Crippen LogP contribution in [0.3, 0.4) is 0 Å². The minimum Gasteiger partial charge on any atom is -0.445 e. The van der Waals surface area contributed by atoms with Crippen molar-refractivity contribution in [2.24, 2.45) is 0 Å². The van der Waals surface area contributed by atoms with E-state index in [0.717, 1.165) is 30.2 Å². The number of hydrogen-bond acceptors (Lipinski definition) is 2. The van der Waals surface area contributed by atoms with Crippen LogP contribution in [-0.2, 0) is 18.3 Å². The Morgan fingerprint density at radius 1 is 1.15 bits per heavy atom. The van der Waals surface area contributed by atoms with Crippen LogP contribution in [0.2, 0.25) is 0 Å². The second kappa shape index (κ2) is 3.52. The second-order valence-corrected chi connectivity index (χ2v) is 4.34. The molecule has 1 aromatic rings. The minimum absolute atomic E-state index is 0.0995. The summed E-state index contributed by atoms with van der Waals surface area (Å²) < 4.78 is 5.63. The van der Waals surface area contributed by atoms with Gasteiger partial charge < -0.3 is 4.42 Å². The molecule has 0 amide bonds. The third-order valence-electron chi connectivity index (χ3n) is 2.08. The van der Waals surface area contributed by atoms with Crippen LogP contribution >= 0.6 is 0 Å². The van der Waals surface area contributed by atoms with E-state index >= 15 is 0 Å². The maximum atomic E-state index is 5.63. The molecule has 1 aromatic heterocycles. The van der Waals surface area contributed by atoms with E-state index in [1.54, 1.807) is 0 Å². The van der Waals surface area contributed by atoms with Gasteiger partial charge in [-0.15, -0.1) is 0 Å². The van der Waals surface area contributed by atoms with E-state index in [9.17, 15) is 0 Å². The second-order valence-electron chi connectivity index (χ2n) is 4.34. The molecule has 0 saturated carbocycles. The topological polar surface area (TPSA) is 26.0 Å². The Morgan fingerprint density at radius 3 is 2.08 bits per heavy atom. The lowest BCUT2D eigenvalue weighted by Crippen LogP contribution is -2.14. The molecular formula is C11H19NO. The molecule has 1 rings (SSSR count). The molecule has 0 aromatic carbocycles. The molecule has 0 bridgehead atoms. The molecule has 0 aliphatic carbocycles. The summed E-state index contributed by atoms with van der Waals surface area (Å²) in [7, 11) is 0. The summed E-state index contributed by atoms with van der Waals surface area (Å²) in [6, 6.07) is 0. The van der Waals surface area contributed by atoms with Gasteiger partial charge in [-0.1, -0.05) is 34.6 Å². The van der Waals surface area contributed by atoms with Crippen LogP contribution in [0.1, 0.15) is 52.0 Å². The summed E-state index contributed by atoms with van der Waals surface area (Å²) in [5.41, 5.74) is 1.22. The minimum atomic E-state index is 0.0995. The summed E-state index contributed by atoms with van der Waals surface area (Å²) in [5.74, 6) is 1.91. The summed E-state index contributed by atoms with van der Waals surface area (Å²) >= 11 is 0. The highest BCUT2D eigenvalue weighted by Crippen LogP contribution is 2.26. The molecule has 0 fully saturated rings. The van der Waals surface area contributed by atoms with Crippen molar-refractivity contribution in [2.45, 2.75) is 52.9 Å². The molecule has 0 aliphatic heterocycles. The summed E-state index contributed by atoms with van der Waals surface area (Å²) in [4.78, 5) is 4.50. The SMILES string of the molecule is CCc1nc(C(C)(C)C)c(CC)o1. The van der Waals surface area contributed by atoms with E-state index in [-0.39, 0.29) is 5.41 Å². The number of aromatic nitrogens is 1. The summed E-state index contributed by atoms with van der Waals surface area (Å²) in [6.45, 7) is 10.7. The summed E-state index contributed by atoms with van der Waals surface area (Å²) in [5, 5.41) is 0. The van der Waals surface area contributed by atoms with Crippen LogP contribution in [0.5, 0.6) is 0 Å². The molecule has 0 spiro atoms. The van der Waals surface area contributed by atoms with Crippen molar-refractivity contribution < 1.29 is 4.42 Å². The Balaban J connectivity index is 3.11. The molecule has 0 N–H and O–H groups in total. The van der Waals surface area contributed by atoms with Gasteiger partial charge in [0.15, 0.2) is 5.89 Å².